The largest absolute Gasteiger partial charge is 0.322 e. The van der Waals surface area contributed by atoms with Gasteiger partial charge in [-0.05, 0) is 61.0 Å². The summed E-state index contributed by atoms with van der Waals surface area (Å²) in [7, 11) is -4.00. The highest BCUT2D eigenvalue weighted by Crippen LogP contribution is 2.23. The van der Waals surface area contributed by atoms with Crippen LogP contribution in [0, 0.1) is 0 Å². The quantitative estimate of drug-likeness (QED) is 0.244. The predicted octanol–water partition coefficient (Wildman–Crippen LogP) is 4.67. The van der Waals surface area contributed by atoms with Gasteiger partial charge in [-0.3, -0.25) is 13.9 Å². The van der Waals surface area contributed by atoms with E-state index in [0.717, 1.165) is 4.31 Å². The first-order valence-electron chi connectivity index (χ1n) is 11.8. The van der Waals surface area contributed by atoms with Gasteiger partial charge in [0.25, 0.3) is 21.8 Å². The fourth-order valence-corrected chi connectivity index (χ4v) is 5.06. The maximum Gasteiger partial charge on any atom is 0.264 e. The van der Waals surface area contributed by atoms with E-state index in [2.05, 4.69) is 15.8 Å². The van der Waals surface area contributed by atoms with Crippen LogP contribution in [-0.4, -0.2) is 32.5 Å². The number of benzene rings is 4. The van der Waals surface area contributed by atoms with Crippen molar-refractivity contribution in [2.45, 2.75) is 11.8 Å². The lowest BCUT2D eigenvalue weighted by Crippen LogP contribution is -2.39. The van der Waals surface area contributed by atoms with E-state index >= 15 is 0 Å². The van der Waals surface area contributed by atoms with Crippen molar-refractivity contribution in [3.8, 4) is 0 Å². The van der Waals surface area contributed by atoms with Crippen molar-refractivity contribution in [1.29, 1.82) is 0 Å². The zero-order valence-corrected chi connectivity index (χ0v) is 21.4. The Morgan fingerprint density at radius 1 is 0.763 bits per heavy atom. The summed E-state index contributed by atoms with van der Waals surface area (Å²) in [6.07, 6.45) is 0. The highest BCUT2D eigenvalue weighted by Gasteiger charge is 2.27. The van der Waals surface area contributed by atoms with Crippen molar-refractivity contribution in [2.24, 2.45) is 5.10 Å². The molecule has 4 aromatic carbocycles. The topological polar surface area (TPSA) is 108 Å². The molecule has 4 aromatic rings. The summed E-state index contributed by atoms with van der Waals surface area (Å²) >= 11 is 0. The van der Waals surface area contributed by atoms with Crippen molar-refractivity contribution in [3.05, 3.63) is 126 Å². The number of hydrogen-bond acceptors (Lipinski definition) is 5. The maximum absolute atomic E-state index is 13.3. The van der Waals surface area contributed by atoms with E-state index in [0.29, 0.717) is 28.2 Å². The number of hydrazone groups is 1. The minimum Gasteiger partial charge on any atom is -0.322 e. The van der Waals surface area contributed by atoms with Crippen molar-refractivity contribution >= 4 is 38.9 Å². The summed E-state index contributed by atoms with van der Waals surface area (Å²) in [4.78, 5) is 25.4. The third-order valence-corrected chi connectivity index (χ3v) is 7.37. The zero-order valence-electron chi connectivity index (χ0n) is 20.6. The number of nitrogens with zero attached hydrogens (tertiary/aromatic N) is 2. The van der Waals surface area contributed by atoms with E-state index in [1.165, 1.54) is 12.1 Å². The molecule has 38 heavy (non-hydrogen) atoms. The zero-order chi connectivity index (χ0) is 27.0. The standard InChI is InChI=1S/C29H26N4O4S/c1-22(24-14-11-15-25(20-24)30-29(35)23-12-5-2-6-13-23)31-32-28(34)21-33(26-16-7-3-8-17-26)38(36,37)27-18-9-4-10-19-27/h2-20H,21H2,1H3,(H,30,35)(H,32,34)/b31-22-. The Morgan fingerprint density at radius 3 is 2.00 bits per heavy atom. The van der Waals surface area contributed by atoms with Crippen molar-refractivity contribution < 1.29 is 18.0 Å². The molecule has 192 valence electrons. The van der Waals surface area contributed by atoms with Crippen LogP contribution >= 0.6 is 0 Å². The second-order valence-electron chi connectivity index (χ2n) is 8.29. The van der Waals surface area contributed by atoms with Crippen LogP contribution in [0.1, 0.15) is 22.8 Å². The highest BCUT2D eigenvalue weighted by molar-refractivity contribution is 7.92. The van der Waals surface area contributed by atoms with E-state index in [4.69, 9.17) is 0 Å². The van der Waals surface area contributed by atoms with E-state index in [9.17, 15) is 18.0 Å². The maximum atomic E-state index is 13.3. The van der Waals surface area contributed by atoms with Crippen LogP contribution in [0.25, 0.3) is 0 Å². The average molecular weight is 527 g/mol. The van der Waals surface area contributed by atoms with Crippen LogP contribution in [0.2, 0.25) is 0 Å². The van der Waals surface area contributed by atoms with E-state index in [1.54, 1.807) is 104 Å². The first-order chi connectivity index (χ1) is 18.3. The van der Waals surface area contributed by atoms with Crippen LogP contribution in [0.5, 0.6) is 0 Å². The minimum atomic E-state index is -4.00. The molecular weight excluding hydrogens is 500 g/mol. The van der Waals surface area contributed by atoms with E-state index in [-0.39, 0.29) is 10.8 Å². The van der Waals surface area contributed by atoms with Crippen molar-refractivity contribution in [3.63, 3.8) is 0 Å². The number of hydrogen-bond donors (Lipinski definition) is 2. The second kappa shape index (κ2) is 12.0. The molecule has 2 N–H and O–H groups in total. The lowest BCUT2D eigenvalue weighted by molar-refractivity contribution is -0.119. The summed E-state index contributed by atoms with van der Waals surface area (Å²) < 4.78 is 27.7. The first kappa shape index (κ1) is 26.3. The van der Waals surface area contributed by atoms with Gasteiger partial charge in [0.15, 0.2) is 0 Å². The lowest BCUT2D eigenvalue weighted by atomic mass is 10.1. The van der Waals surface area contributed by atoms with Crippen LogP contribution in [-0.2, 0) is 14.8 Å². The molecule has 8 nitrogen and oxygen atoms in total. The SMILES string of the molecule is C/C(=N/NC(=O)CN(c1ccccc1)S(=O)(=O)c1ccccc1)c1cccc(NC(=O)c2ccccc2)c1. The lowest BCUT2D eigenvalue weighted by Gasteiger charge is -2.23. The predicted molar refractivity (Wildman–Crippen MR) is 149 cm³/mol. The van der Waals surface area contributed by atoms with Crippen molar-refractivity contribution in [2.75, 3.05) is 16.2 Å². The van der Waals surface area contributed by atoms with Gasteiger partial charge >= 0.3 is 0 Å². The Balaban J connectivity index is 1.48. The Kier molecular flexibility index (Phi) is 8.30. The normalized spacial score (nSPS) is 11.4. The average Bonchev–Trinajstić information content (AvgIpc) is 2.96. The molecular formula is C29H26N4O4S. The molecule has 0 saturated heterocycles. The minimum absolute atomic E-state index is 0.0747. The smallest absolute Gasteiger partial charge is 0.264 e. The van der Waals surface area contributed by atoms with E-state index < -0.39 is 22.5 Å². The molecule has 0 unspecified atom stereocenters. The Morgan fingerprint density at radius 2 is 1.34 bits per heavy atom. The van der Waals surface area contributed by atoms with E-state index in [1.807, 2.05) is 6.07 Å². The van der Waals surface area contributed by atoms with Gasteiger partial charge in [0, 0.05) is 11.3 Å². The fourth-order valence-electron chi connectivity index (χ4n) is 3.62. The molecule has 0 aliphatic rings. The third-order valence-electron chi connectivity index (χ3n) is 5.59. The summed E-state index contributed by atoms with van der Waals surface area (Å²) in [5.41, 5.74) is 5.06. The van der Waals surface area contributed by atoms with Crippen LogP contribution in [0.15, 0.2) is 125 Å². The molecule has 0 spiro atoms. The number of amides is 2. The van der Waals surface area contributed by atoms with Crippen molar-refractivity contribution in [1.82, 2.24) is 5.43 Å². The number of para-hydroxylation sites is 1. The van der Waals surface area contributed by atoms with Gasteiger partial charge in [-0.15, -0.1) is 0 Å². The van der Waals surface area contributed by atoms with Crippen LogP contribution in [0.3, 0.4) is 0 Å². The molecule has 0 bridgehead atoms. The number of anilines is 2. The fraction of sp³-hybridized carbons (Fsp3) is 0.0690. The summed E-state index contributed by atoms with van der Waals surface area (Å²) in [6.45, 7) is 1.24. The molecule has 0 atom stereocenters. The second-order valence-corrected chi connectivity index (χ2v) is 10.2. The van der Waals surface area contributed by atoms with Gasteiger partial charge in [0.1, 0.15) is 6.54 Å². The van der Waals surface area contributed by atoms with Gasteiger partial charge in [0.05, 0.1) is 16.3 Å². The number of sulfonamides is 1. The van der Waals surface area contributed by atoms with Gasteiger partial charge in [-0.2, -0.15) is 5.10 Å². The molecule has 0 aromatic heterocycles. The van der Waals surface area contributed by atoms with Crippen LogP contribution in [0.4, 0.5) is 11.4 Å². The van der Waals surface area contributed by atoms with Gasteiger partial charge in [-0.25, -0.2) is 13.8 Å². The van der Waals surface area contributed by atoms with Gasteiger partial charge in [-0.1, -0.05) is 66.7 Å². The molecule has 2 amide bonds. The first-order valence-corrected chi connectivity index (χ1v) is 13.2. The molecule has 4 rings (SSSR count). The summed E-state index contributed by atoms with van der Waals surface area (Å²) in [6, 6.07) is 32.2. The number of carbonyl (C=O) groups is 2. The number of nitrogens with one attached hydrogen (secondary N) is 2. The molecule has 0 aliphatic heterocycles. The molecule has 0 aliphatic carbocycles. The Bertz CT molecular complexity index is 1540. The number of carbonyl (C=O) groups excluding carboxylic acids is 2. The molecule has 0 heterocycles. The Hall–Kier alpha value is -4.76. The third kappa shape index (κ3) is 6.51. The van der Waals surface area contributed by atoms with Crippen LogP contribution < -0.4 is 15.0 Å². The Labute approximate surface area is 221 Å². The molecule has 9 heteroatoms. The number of rotatable bonds is 9. The van der Waals surface area contributed by atoms with Gasteiger partial charge in [0.2, 0.25) is 0 Å². The molecule has 0 fully saturated rings. The molecule has 0 radical (unpaired) electrons. The highest BCUT2D eigenvalue weighted by atomic mass is 32.2. The summed E-state index contributed by atoms with van der Waals surface area (Å²) in [5.74, 6) is -0.854. The summed E-state index contributed by atoms with van der Waals surface area (Å²) in [5, 5.41) is 7.00. The molecule has 0 saturated carbocycles. The van der Waals surface area contributed by atoms with Gasteiger partial charge < -0.3 is 5.32 Å². The monoisotopic (exact) mass is 526 g/mol.